The van der Waals surface area contributed by atoms with E-state index in [-0.39, 0.29) is 48.2 Å². The van der Waals surface area contributed by atoms with E-state index >= 15 is 0 Å². The van der Waals surface area contributed by atoms with Crippen molar-refractivity contribution >= 4 is 10.1 Å². The van der Waals surface area contributed by atoms with Crippen molar-refractivity contribution in [3.8, 4) is 5.75 Å². The molecule has 0 aliphatic carbocycles. The van der Waals surface area contributed by atoms with Crippen LogP contribution in [0.25, 0.3) is 0 Å². The second-order valence-corrected chi connectivity index (χ2v) is 7.59. The normalized spacial score (nSPS) is 12.0. The molecule has 8 heteroatoms. The molecule has 0 aromatic heterocycles. The first kappa shape index (κ1) is 28.1. The van der Waals surface area contributed by atoms with Crippen LogP contribution in [0.15, 0.2) is 24.3 Å². The Morgan fingerprint density at radius 1 is 1.00 bits per heavy atom. The number of hydrogen-bond donors (Lipinski definition) is 0. The second-order valence-electron chi connectivity index (χ2n) is 5.94. The van der Waals surface area contributed by atoms with E-state index in [9.17, 15) is 13.0 Å². The van der Waals surface area contributed by atoms with Crippen LogP contribution in [-0.2, 0) is 21.3 Å². The molecule has 0 saturated heterocycles. The van der Waals surface area contributed by atoms with E-state index in [4.69, 9.17) is 9.47 Å². The Hall–Kier alpha value is -0.150. The smallest absolute Gasteiger partial charge is 0.746 e. The van der Waals surface area contributed by atoms with Crippen LogP contribution in [0.3, 0.4) is 0 Å². The molecular formula is C18H31NaO6S. The van der Waals surface area contributed by atoms with Crippen LogP contribution in [-0.4, -0.2) is 37.1 Å². The molecule has 1 atom stereocenters. The van der Waals surface area contributed by atoms with Crippen molar-refractivity contribution in [1.82, 2.24) is 0 Å². The number of benzene rings is 1. The maximum Gasteiger partial charge on any atom is 1.00 e. The van der Waals surface area contributed by atoms with Crippen LogP contribution in [0.5, 0.6) is 5.75 Å². The molecule has 0 amide bonds. The Labute approximate surface area is 180 Å². The average Bonchev–Trinajstić information content (AvgIpc) is 2.55. The van der Waals surface area contributed by atoms with E-state index in [2.05, 4.69) is 6.92 Å². The zero-order valence-corrected chi connectivity index (χ0v) is 19.0. The molecule has 0 radical (unpaired) electrons. The van der Waals surface area contributed by atoms with E-state index in [0.717, 1.165) is 6.42 Å². The Kier molecular flexibility index (Phi) is 17.1. The molecule has 0 aliphatic rings. The number of unbranched alkanes of at least 4 members (excludes halogenated alkanes) is 5. The number of aryl methyl sites for hydroxylation is 1. The third-order valence-electron chi connectivity index (χ3n) is 3.85. The van der Waals surface area contributed by atoms with Crippen LogP contribution in [0.4, 0.5) is 0 Å². The zero-order valence-electron chi connectivity index (χ0n) is 16.2. The topological polar surface area (TPSA) is 107 Å². The molecular weight excluding hydrogens is 367 g/mol. The molecule has 0 fully saturated rings. The van der Waals surface area contributed by atoms with E-state index in [1.807, 2.05) is 24.3 Å². The summed E-state index contributed by atoms with van der Waals surface area (Å²) in [7, 11) is -4.40. The van der Waals surface area contributed by atoms with Crippen molar-refractivity contribution in [1.29, 1.82) is 0 Å². The summed E-state index contributed by atoms with van der Waals surface area (Å²) in [5.41, 5.74) is -0.0547. The first-order chi connectivity index (χ1) is 11.4. The SMILES string of the molecule is CCCCCCCCc1ccc(OCCOC(C)S(=O)(=O)[O-])cc1.O.[Na+]. The summed E-state index contributed by atoms with van der Waals surface area (Å²) in [6.07, 6.45) is 8.81. The maximum atomic E-state index is 10.7. The van der Waals surface area contributed by atoms with Crippen molar-refractivity contribution in [2.75, 3.05) is 13.2 Å². The molecule has 0 saturated carbocycles. The fraction of sp³-hybridized carbons (Fsp3) is 0.667. The minimum absolute atomic E-state index is 0. The minimum atomic E-state index is -4.40. The molecule has 1 aromatic carbocycles. The zero-order chi connectivity index (χ0) is 17.8. The fourth-order valence-corrected chi connectivity index (χ4v) is 2.58. The molecule has 1 aromatic rings. The van der Waals surface area contributed by atoms with Gasteiger partial charge in [0.2, 0.25) is 0 Å². The van der Waals surface area contributed by atoms with E-state index < -0.39 is 15.6 Å². The van der Waals surface area contributed by atoms with Gasteiger partial charge in [0, 0.05) is 0 Å². The molecule has 146 valence electrons. The fourth-order valence-electron chi connectivity index (χ4n) is 2.32. The van der Waals surface area contributed by atoms with Gasteiger partial charge in [-0.1, -0.05) is 51.2 Å². The van der Waals surface area contributed by atoms with Crippen molar-refractivity contribution in [3.05, 3.63) is 29.8 Å². The van der Waals surface area contributed by atoms with Gasteiger partial charge >= 0.3 is 29.6 Å². The third kappa shape index (κ3) is 13.1. The Morgan fingerprint density at radius 2 is 1.58 bits per heavy atom. The summed E-state index contributed by atoms with van der Waals surface area (Å²) in [6.45, 7) is 3.71. The second kappa shape index (κ2) is 15.9. The first-order valence-electron chi connectivity index (χ1n) is 8.71. The monoisotopic (exact) mass is 398 g/mol. The minimum Gasteiger partial charge on any atom is -0.746 e. The molecule has 2 N–H and O–H groups in total. The van der Waals surface area contributed by atoms with E-state index in [1.165, 1.54) is 51.0 Å². The summed E-state index contributed by atoms with van der Waals surface area (Å²) >= 11 is 0. The Balaban J connectivity index is 0. The standard InChI is InChI=1S/C18H30O5S.Na.H2O/c1-3-4-5-6-7-8-9-17-10-12-18(13-11-17)23-15-14-22-16(2)24(19,20)21;;/h10-13,16H,3-9,14-15H2,1-2H3,(H,19,20,21);;1H2/q;+1;/p-1. The molecule has 0 bridgehead atoms. The quantitative estimate of drug-likeness (QED) is 0.265. The summed E-state index contributed by atoms with van der Waals surface area (Å²) in [4.78, 5) is 0. The van der Waals surface area contributed by atoms with E-state index in [0.29, 0.717) is 5.75 Å². The molecule has 0 aliphatic heterocycles. The first-order valence-corrected chi connectivity index (χ1v) is 10.2. The number of ether oxygens (including phenoxy) is 2. The van der Waals surface area contributed by atoms with Gasteiger partial charge in [0.25, 0.3) is 0 Å². The van der Waals surface area contributed by atoms with Gasteiger partial charge in [0.15, 0.2) is 0 Å². The van der Waals surface area contributed by atoms with Crippen LogP contribution in [0.2, 0.25) is 0 Å². The predicted octanol–water partition coefficient (Wildman–Crippen LogP) is 0.0555. The molecule has 1 unspecified atom stereocenters. The summed E-state index contributed by atoms with van der Waals surface area (Å²) in [5.74, 6) is 0.711. The van der Waals surface area contributed by atoms with Gasteiger partial charge in [0.1, 0.15) is 27.9 Å². The van der Waals surface area contributed by atoms with Gasteiger partial charge in [-0.3, -0.25) is 0 Å². The average molecular weight is 398 g/mol. The van der Waals surface area contributed by atoms with Crippen molar-refractivity contribution in [2.45, 2.75) is 64.2 Å². The van der Waals surface area contributed by atoms with Gasteiger partial charge in [0.05, 0.1) is 6.61 Å². The van der Waals surface area contributed by atoms with Crippen LogP contribution in [0, 0.1) is 0 Å². The van der Waals surface area contributed by atoms with Crippen molar-refractivity contribution < 1.29 is 57.5 Å². The molecule has 0 spiro atoms. The number of hydrogen-bond acceptors (Lipinski definition) is 5. The van der Waals surface area contributed by atoms with Crippen LogP contribution >= 0.6 is 0 Å². The molecule has 1 rings (SSSR count). The van der Waals surface area contributed by atoms with Gasteiger partial charge in [-0.2, -0.15) is 0 Å². The summed E-state index contributed by atoms with van der Waals surface area (Å²) in [5, 5.41) is 0. The van der Waals surface area contributed by atoms with Gasteiger partial charge in [-0.05, 0) is 37.5 Å². The summed E-state index contributed by atoms with van der Waals surface area (Å²) < 4.78 is 42.4. The Bertz CT molecular complexity index is 547. The van der Waals surface area contributed by atoms with Gasteiger partial charge in [-0.15, -0.1) is 0 Å². The van der Waals surface area contributed by atoms with Crippen LogP contribution in [0.1, 0.15) is 57.9 Å². The summed E-state index contributed by atoms with van der Waals surface area (Å²) in [6, 6.07) is 7.90. The van der Waals surface area contributed by atoms with Gasteiger partial charge < -0.3 is 19.5 Å². The van der Waals surface area contributed by atoms with Crippen molar-refractivity contribution in [3.63, 3.8) is 0 Å². The van der Waals surface area contributed by atoms with Crippen molar-refractivity contribution in [2.24, 2.45) is 0 Å². The predicted molar refractivity (Wildman–Crippen MR) is 97.7 cm³/mol. The maximum absolute atomic E-state index is 10.7. The third-order valence-corrected chi connectivity index (χ3v) is 4.80. The molecule has 0 heterocycles. The van der Waals surface area contributed by atoms with E-state index in [1.54, 1.807) is 0 Å². The molecule has 6 nitrogen and oxygen atoms in total. The largest absolute Gasteiger partial charge is 1.00 e. The Morgan fingerprint density at radius 3 is 2.15 bits per heavy atom. The van der Waals surface area contributed by atoms with Crippen LogP contribution < -0.4 is 34.3 Å². The van der Waals surface area contributed by atoms with Gasteiger partial charge in [-0.25, -0.2) is 8.42 Å². The number of rotatable bonds is 13. The molecule has 26 heavy (non-hydrogen) atoms.